The van der Waals surface area contributed by atoms with Gasteiger partial charge in [0.05, 0.1) is 18.5 Å². The van der Waals surface area contributed by atoms with Crippen LogP contribution in [0.1, 0.15) is 41.9 Å². The molecule has 3 aromatic rings. The monoisotopic (exact) mass is 392 g/mol. The fourth-order valence-corrected chi connectivity index (χ4v) is 3.78. The van der Waals surface area contributed by atoms with Crippen LogP contribution in [0, 0.1) is 0 Å². The SMILES string of the molecule is CCOc1ccc(C(=O)N2CCN(c3cnn4c(C5CC5)nnc4c3)CC2)cc1. The minimum atomic E-state index is 0.0628. The first-order valence-corrected chi connectivity index (χ1v) is 10.2. The van der Waals surface area contributed by atoms with Crippen LogP contribution in [-0.4, -0.2) is 63.4 Å². The van der Waals surface area contributed by atoms with Gasteiger partial charge in [0.15, 0.2) is 11.5 Å². The van der Waals surface area contributed by atoms with Crippen molar-refractivity contribution in [3.05, 3.63) is 47.9 Å². The summed E-state index contributed by atoms with van der Waals surface area (Å²) >= 11 is 0. The van der Waals surface area contributed by atoms with Crippen molar-refractivity contribution in [1.82, 2.24) is 24.7 Å². The Balaban J connectivity index is 1.24. The van der Waals surface area contributed by atoms with Gasteiger partial charge in [0.2, 0.25) is 0 Å². The van der Waals surface area contributed by atoms with Crippen molar-refractivity contribution < 1.29 is 9.53 Å². The lowest BCUT2D eigenvalue weighted by Crippen LogP contribution is -2.48. The lowest BCUT2D eigenvalue weighted by Gasteiger charge is -2.36. The van der Waals surface area contributed by atoms with Crippen LogP contribution in [0.3, 0.4) is 0 Å². The fourth-order valence-electron chi connectivity index (χ4n) is 3.78. The summed E-state index contributed by atoms with van der Waals surface area (Å²) in [6, 6.07) is 9.40. The zero-order chi connectivity index (χ0) is 19.8. The molecule has 1 amide bonds. The Hall–Kier alpha value is -3.16. The van der Waals surface area contributed by atoms with Crippen molar-refractivity contribution in [3.8, 4) is 5.75 Å². The summed E-state index contributed by atoms with van der Waals surface area (Å²) in [5.41, 5.74) is 2.51. The second kappa shape index (κ2) is 7.35. The van der Waals surface area contributed by atoms with E-state index in [-0.39, 0.29) is 5.91 Å². The molecule has 0 radical (unpaired) electrons. The third-order valence-corrected chi connectivity index (χ3v) is 5.56. The fraction of sp³-hybridized carbons (Fsp3) is 0.429. The number of anilines is 1. The number of carbonyl (C=O) groups excluding carboxylic acids is 1. The molecule has 8 heteroatoms. The molecule has 0 unspecified atom stereocenters. The lowest BCUT2D eigenvalue weighted by atomic mass is 10.1. The zero-order valence-corrected chi connectivity index (χ0v) is 16.5. The van der Waals surface area contributed by atoms with Crippen LogP contribution in [0.15, 0.2) is 36.5 Å². The minimum Gasteiger partial charge on any atom is -0.494 e. The van der Waals surface area contributed by atoms with Gasteiger partial charge in [-0.05, 0) is 44.0 Å². The Kier molecular flexibility index (Phi) is 4.54. The van der Waals surface area contributed by atoms with E-state index in [1.807, 2.05) is 52.9 Å². The molecule has 1 aliphatic carbocycles. The number of hydrogen-bond acceptors (Lipinski definition) is 6. The molecule has 1 saturated carbocycles. The van der Waals surface area contributed by atoms with E-state index in [1.165, 1.54) is 12.8 Å². The number of fused-ring (bicyclic) bond motifs is 1. The van der Waals surface area contributed by atoms with Crippen LogP contribution in [0.2, 0.25) is 0 Å². The second-order valence-corrected chi connectivity index (χ2v) is 7.55. The third kappa shape index (κ3) is 3.50. The summed E-state index contributed by atoms with van der Waals surface area (Å²) in [5, 5.41) is 13.1. The Morgan fingerprint density at radius 2 is 1.86 bits per heavy atom. The van der Waals surface area contributed by atoms with Gasteiger partial charge in [-0.15, -0.1) is 10.2 Å². The van der Waals surface area contributed by atoms with Crippen LogP contribution >= 0.6 is 0 Å². The molecule has 0 atom stereocenters. The second-order valence-electron chi connectivity index (χ2n) is 7.55. The average Bonchev–Trinajstić information content (AvgIpc) is 3.53. The van der Waals surface area contributed by atoms with Gasteiger partial charge in [-0.25, -0.2) is 0 Å². The number of rotatable bonds is 5. The molecule has 2 aliphatic rings. The highest BCUT2D eigenvalue weighted by Crippen LogP contribution is 2.38. The first kappa shape index (κ1) is 17.9. The maximum absolute atomic E-state index is 12.8. The summed E-state index contributed by atoms with van der Waals surface area (Å²) in [6.45, 7) is 5.45. The van der Waals surface area contributed by atoms with Crippen LogP contribution in [0.5, 0.6) is 5.75 Å². The van der Waals surface area contributed by atoms with E-state index in [9.17, 15) is 4.79 Å². The Labute approximate surface area is 169 Å². The van der Waals surface area contributed by atoms with Crippen molar-refractivity contribution in [1.29, 1.82) is 0 Å². The van der Waals surface area contributed by atoms with E-state index in [0.717, 1.165) is 36.0 Å². The van der Waals surface area contributed by atoms with Crippen LogP contribution in [0.25, 0.3) is 5.65 Å². The van der Waals surface area contributed by atoms with E-state index >= 15 is 0 Å². The quantitative estimate of drug-likeness (QED) is 0.664. The minimum absolute atomic E-state index is 0.0628. The van der Waals surface area contributed by atoms with E-state index in [0.29, 0.717) is 31.2 Å². The van der Waals surface area contributed by atoms with Gasteiger partial charge in [0, 0.05) is 43.7 Å². The molecule has 1 aliphatic heterocycles. The number of aromatic nitrogens is 4. The molecule has 0 spiro atoms. The first-order valence-electron chi connectivity index (χ1n) is 10.2. The summed E-state index contributed by atoms with van der Waals surface area (Å²) in [7, 11) is 0. The van der Waals surface area contributed by atoms with Gasteiger partial charge in [0.25, 0.3) is 5.91 Å². The van der Waals surface area contributed by atoms with Gasteiger partial charge in [-0.1, -0.05) is 0 Å². The van der Waals surface area contributed by atoms with Gasteiger partial charge >= 0.3 is 0 Å². The van der Waals surface area contributed by atoms with Crippen molar-refractivity contribution in [2.24, 2.45) is 0 Å². The number of piperazine rings is 1. The highest BCUT2D eigenvalue weighted by Gasteiger charge is 2.29. The van der Waals surface area contributed by atoms with Crippen molar-refractivity contribution in [2.45, 2.75) is 25.7 Å². The van der Waals surface area contributed by atoms with Gasteiger partial charge in [0.1, 0.15) is 5.75 Å². The number of amides is 1. The summed E-state index contributed by atoms with van der Waals surface area (Å²) in [5.74, 6) is 2.33. The lowest BCUT2D eigenvalue weighted by molar-refractivity contribution is 0.0746. The van der Waals surface area contributed by atoms with E-state index in [2.05, 4.69) is 20.2 Å². The van der Waals surface area contributed by atoms with Gasteiger partial charge in [-0.2, -0.15) is 9.61 Å². The number of hydrogen-bond donors (Lipinski definition) is 0. The highest BCUT2D eigenvalue weighted by molar-refractivity contribution is 5.94. The Bertz CT molecular complexity index is 1020. The molecule has 150 valence electrons. The largest absolute Gasteiger partial charge is 0.494 e. The van der Waals surface area contributed by atoms with Gasteiger partial charge in [-0.3, -0.25) is 4.79 Å². The molecule has 3 heterocycles. The van der Waals surface area contributed by atoms with Gasteiger partial charge < -0.3 is 14.5 Å². The van der Waals surface area contributed by atoms with Crippen LogP contribution < -0.4 is 9.64 Å². The van der Waals surface area contributed by atoms with Crippen molar-refractivity contribution in [2.75, 3.05) is 37.7 Å². The molecule has 0 N–H and O–H groups in total. The smallest absolute Gasteiger partial charge is 0.253 e. The Morgan fingerprint density at radius 1 is 1.10 bits per heavy atom. The highest BCUT2D eigenvalue weighted by atomic mass is 16.5. The molecule has 2 aromatic heterocycles. The molecular weight excluding hydrogens is 368 g/mol. The zero-order valence-electron chi connectivity index (χ0n) is 16.5. The van der Waals surface area contributed by atoms with Crippen LogP contribution in [0.4, 0.5) is 5.69 Å². The molecule has 1 aromatic carbocycles. The van der Waals surface area contributed by atoms with E-state index in [4.69, 9.17) is 4.74 Å². The predicted octanol–water partition coefficient (Wildman–Crippen LogP) is 2.36. The number of benzene rings is 1. The molecule has 29 heavy (non-hydrogen) atoms. The van der Waals surface area contributed by atoms with Crippen molar-refractivity contribution in [3.63, 3.8) is 0 Å². The molecule has 5 rings (SSSR count). The van der Waals surface area contributed by atoms with Crippen LogP contribution in [-0.2, 0) is 0 Å². The van der Waals surface area contributed by atoms with E-state index < -0.39 is 0 Å². The predicted molar refractivity (Wildman–Crippen MR) is 108 cm³/mol. The first-order chi connectivity index (χ1) is 14.2. The van der Waals surface area contributed by atoms with E-state index in [1.54, 1.807) is 0 Å². The molecule has 2 fully saturated rings. The summed E-state index contributed by atoms with van der Waals surface area (Å²) in [6.07, 6.45) is 4.23. The maximum atomic E-state index is 12.8. The average molecular weight is 392 g/mol. The molecule has 8 nitrogen and oxygen atoms in total. The molecule has 1 saturated heterocycles. The summed E-state index contributed by atoms with van der Waals surface area (Å²) < 4.78 is 7.30. The third-order valence-electron chi connectivity index (χ3n) is 5.56. The topological polar surface area (TPSA) is 75.9 Å². The number of nitrogens with zero attached hydrogens (tertiary/aromatic N) is 6. The number of carbonyl (C=O) groups is 1. The molecular formula is C21H24N6O2. The van der Waals surface area contributed by atoms with Crippen molar-refractivity contribution >= 4 is 17.2 Å². The molecule has 0 bridgehead atoms. The Morgan fingerprint density at radius 3 is 2.55 bits per heavy atom. The standard InChI is InChI=1S/C21H24N6O2/c1-2-29-18-7-5-16(6-8-18)21(28)26-11-9-25(10-12-26)17-13-19-23-24-20(15-3-4-15)27(19)22-14-17/h5-8,13-15H,2-4,9-12H2,1H3. The number of ether oxygens (including phenoxy) is 1. The maximum Gasteiger partial charge on any atom is 0.253 e. The summed E-state index contributed by atoms with van der Waals surface area (Å²) in [4.78, 5) is 16.9. The normalized spacial score (nSPS) is 17.0.